The lowest BCUT2D eigenvalue weighted by molar-refractivity contribution is -0.118. The topological polar surface area (TPSA) is 123 Å². The van der Waals surface area contributed by atoms with Gasteiger partial charge in [0.1, 0.15) is 17.4 Å². The average molecular weight is 350 g/mol. The van der Waals surface area contributed by atoms with Gasteiger partial charge in [-0.15, -0.1) is 0 Å². The van der Waals surface area contributed by atoms with E-state index in [1.54, 1.807) is 12.1 Å². The van der Waals surface area contributed by atoms with Crippen LogP contribution in [0.25, 0.3) is 0 Å². The van der Waals surface area contributed by atoms with Crippen LogP contribution in [0.2, 0.25) is 0 Å². The molecule has 0 bridgehead atoms. The van der Waals surface area contributed by atoms with Crippen molar-refractivity contribution in [2.45, 2.75) is 18.9 Å². The molecule has 1 fully saturated rings. The van der Waals surface area contributed by atoms with Crippen molar-refractivity contribution in [1.82, 2.24) is 5.32 Å². The molecule has 2 unspecified atom stereocenters. The summed E-state index contributed by atoms with van der Waals surface area (Å²) in [5.41, 5.74) is 10.5. The summed E-state index contributed by atoms with van der Waals surface area (Å²) in [6.45, 7) is 1.35. The third-order valence-electron chi connectivity index (χ3n) is 3.96. The van der Waals surface area contributed by atoms with Crippen molar-refractivity contribution in [3.63, 3.8) is 0 Å². The fourth-order valence-corrected chi connectivity index (χ4v) is 2.49. The number of halogens is 1. The summed E-state index contributed by atoms with van der Waals surface area (Å²) in [4.78, 5) is 11.8. The molecule has 0 spiro atoms. The third-order valence-corrected chi connectivity index (χ3v) is 3.96. The van der Waals surface area contributed by atoms with E-state index in [4.69, 9.17) is 26.4 Å². The first-order valence-electron chi connectivity index (χ1n) is 8.04. The van der Waals surface area contributed by atoms with Crippen LogP contribution in [0.3, 0.4) is 0 Å². The number of carbonyl (C=O) groups is 1. The van der Waals surface area contributed by atoms with Crippen LogP contribution in [0.5, 0.6) is 5.75 Å². The Kier molecular flexibility index (Phi) is 6.76. The minimum absolute atomic E-state index is 0.0543. The SMILES string of the molecule is N=C(N)/C(=C\N)C(=O)NCC1CCC(COc2ccc(F)cc2)CO1. The molecule has 1 aromatic carbocycles. The maximum absolute atomic E-state index is 12.8. The summed E-state index contributed by atoms with van der Waals surface area (Å²) in [6.07, 6.45) is 2.59. The van der Waals surface area contributed by atoms with Gasteiger partial charge in [-0.25, -0.2) is 4.39 Å². The molecular formula is C17H23FN4O3. The Morgan fingerprint density at radius 1 is 1.40 bits per heavy atom. The normalized spacial score (nSPS) is 20.8. The minimum Gasteiger partial charge on any atom is -0.493 e. The minimum atomic E-state index is -0.486. The number of rotatable bonds is 7. The van der Waals surface area contributed by atoms with Gasteiger partial charge >= 0.3 is 0 Å². The van der Waals surface area contributed by atoms with E-state index in [1.807, 2.05) is 0 Å². The Bertz CT molecular complexity index is 625. The number of hydrogen-bond donors (Lipinski definition) is 4. The monoisotopic (exact) mass is 350 g/mol. The van der Waals surface area contributed by atoms with E-state index < -0.39 is 5.91 Å². The molecular weight excluding hydrogens is 327 g/mol. The standard InChI is InChI=1S/C17H23FN4O3/c18-12-2-5-13(6-3-12)24-9-11-1-4-14(25-10-11)8-22-17(23)15(7-19)16(20)21/h2-3,5-7,11,14H,1,4,8-10,19H2,(H3,20,21)(H,22,23)/b15-7+. The Morgan fingerprint density at radius 3 is 2.68 bits per heavy atom. The van der Waals surface area contributed by atoms with E-state index in [0.717, 1.165) is 19.0 Å². The zero-order chi connectivity index (χ0) is 18.2. The second-order valence-corrected chi connectivity index (χ2v) is 5.87. The van der Waals surface area contributed by atoms with Crippen molar-refractivity contribution >= 4 is 11.7 Å². The molecule has 1 aromatic rings. The van der Waals surface area contributed by atoms with Crippen molar-refractivity contribution < 1.29 is 18.7 Å². The van der Waals surface area contributed by atoms with Gasteiger partial charge in [0.2, 0.25) is 0 Å². The van der Waals surface area contributed by atoms with Crippen molar-refractivity contribution in [2.24, 2.45) is 17.4 Å². The quantitative estimate of drug-likeness (QED) is 0.330. The molecule has 0 saturated carbocycles. The van der Waals surface area contributed by atoms with Gasteiger partial charge < -0.3 is 26.3 Å². The maximum atomic E-state index is 12.8. The molecule has 0 radical (unpaired) electrons. The van der Waals surface area contributed by atoms with Crippen LogP contribution in [0.15, 0.2) is 36.0 Å². The first kappa shape index (κ1) is 18.7. The van der Waals surface area contributed by atoms with Crippen LogP contribution in [0.4, 0.5) is 4.39 Å². The van der Waals surface area contributed by atoms with Gasteiger partial charge in [-0.05, 0) is 37.1 Å². The van der Waals surface area contributed by atoms with Crippen LogP contribution in [-0.2, 0) is 9.53 Å². The molecule has 2 rings (SSSR count). The summed E-state index contributed by atoms with van der Waals surface area (Å²) in [5, 5.41) is 9.93. The smallest absolute Gasteiger partial charge is 0.256 e. The lowest BCUT2D eigenvalue weighted by Crippen LogP contribution is -2.40. The lowest BCUT2D eigenvalue weighted by Gasteiger charge is -2.29. The molecule has 6 N–H and O–H groups in total. The molecule has 0 aliphatic carbocycles. The molecule has 0 aromatic heterocycles. The molecule has 8 heteroatoms. The lowest BCUT2D eigenvalue weighted by atomic mass is 9.99. The molecule has 1 aliphatic rings. The van der Waals surface area contributed by atoms with Crippen LogP contribution in [-0.4, -0.2) is 37.6 Å². The molecule has 1 amide bonds. The van der Waals surface area contributed by atoms with E-state index in [1.165, 1.54) is 12.1 Å². The Balaban J connectivity index is 1.68. The molecule has 1 aliphatic heterocycles. The highest BCUT2D eigenvalue weighted by Crippen LogP contribution is 2.20. The van der Waals surface area contributed by atoms with Gasteiger partial charge in [0.15, 0.2) is 0 Å². The summed E-state index contributed by atoms with van der Waals surface area (Å²) in [5.74, 6) is -0.284. The molecule has 2 atom stereocenters. The number of amides is 1. The third kappa shape index (κ3) is 5.75. The molecule has 136 valence electrons. The van der Waals surface area contributed by atoms with Crippen LogP contribution in [0.1, 0.15) is 12.8 Å². The van der Waals surface area contributed by atoms with Gasteiger partial charge in [0.25, 0.3) is 5.91 Å². The molecule has 1 heterocycles. The number of amidine groups is 1. The summed E-state index contributed by atoms with van der Waals surface area (Å²) >= 11 is 0. The Hall–Kier alpha value is -2.61. The highest BCUT2D eigenvalue weighted by Gasteiger charge is 2.23. The molecule has 1 saturated heterocycles. The van der Waals surface area contributed by atoms with Gasteiger partial charge in [-0.3, -0.25) is 10.2 Å². The first-order chi connectivity index (χ1) is 12.0. The Morgan fingerprint density at radius 2 is 2.12 bits per heavy atom. The van der Waals surface area contributed by atoms with Gasteiger partial charge in [0, 0.05) is 18.7 Å². The van der Waals surface area contributed by atoms with Crippen molar-refractivity contribution in [2.75, 3.05) is 19.8 Å². The van der Waals surface area contributed by atoms with Gasteiger partial charge in [-0.1, -0.05) is 0 Å². The number of ether oxygens (including phenoxy) is 2. The van der Waals surface area contributed by atoms with Crippen LogP contribution < -0.4 is 21.5 Å². The summed E-state index contributed by atoms with van der Waals surface area (Å²) in [7, 11) is 0. The van der Waals surface area contributed by atoms with E-state index in [9.17, 15) is 9.18 Å². The molecule has 25 heavy (non-hydrogen) atoms. The number of nitrogens with one attached hydrogen (secondary N) is 2. The predicted octanol–water partition coefficient (Wildman–Crippen LogP) is 0.894. The van der Waals surface area contributed by atoms with Crippen LogP contribution in [0, 0.1) is 17.1 Å². The summed E-state index contributed by atoms with van der Waals surface area (Å²) < 4.78 is 24.2. The molecule has 7 nitrogen and oxygen atoms in total. The fraction of sp³-hybridized carbons (Fsp3) is 0.412. The number of nitrogens with two attached hydrogens (primary N) is 2. The van der Waals surface area contributed by atoms with Gasteiger partial charge in [0.05, 0.1) is 24.9 Å². The van der Waals surface area contributed by atoms with Crippen molar-refractivity contribution in [3.05, 3.63) is 41.9 Å². The highest BCUT2D eigenvalue weighted by atomic mass is 19.1. The largest absolute Gasteiger partial charge is 0.493 e. The van der Waals surface area contributed by atoms with E-state index in [-0.39, 0.29) is 29.2 Å². The zero-order valence-electron chi connectivity index (χ0n) is 13.8. The van der Waals surface area contributed by atoms with Crippen molar-refractivity contribution in [1.29, 1.82) is 5.41 Å². The number of carbonyl (C=O) groups excluding carboxylic acids is 1. The van der Waals surface area contributed by atoms with E-state index >= 15 is 0 Å². The van der Waals surface area contributed by atoms with E-state index in [2.05, 4.69) is 5.32 Å². The zero-order valence-corrected chi connectivity index (χ0v) is 13.8. The van der Waals surface area contributed by atoms with E-state index in [0.29, 0.717) is 25.5 Å². The fourth-order valence-electron chi connectivity index (χ4n) is 2.49. The Labute approximate surface area is 145 Å². The number of hydrogen-bond acceptors (Lipinski definition) is 5. The highest BCUT2D eigenvalue weighted by molar-refractivity contribution is 6.18. The second-order valence-electron chi connectivity index (χ2n) is 5.87. The van der Waals surface area contributed by atoms with Gasteiger partial charge in [-0.2, -0.15) is 0 Å². The number of benzene rings is 1. The maximum Gasteiger partial charge on any atom is 0.256 e. The predicted molar refractivity (Wildman–Crippen MR) is 91.6 cm³/mol. The van der Waals surface area contributed by atoms with Crippen molar-refractivity contribution in [3.8, 4) is 5.75 Å². The van der Waals surface area contributed by atoms with Crippen LogP contribution >= 0.6 is 0 Å². The first-order valence-corrected chi connectivity index (χ1v) is 8.04. The summed E-state index contributed by atoms with van der Waals surface area (Å²) in [6, 6.07) is 5.90. The average Bonchev–Trinajstić information content (AvgIpc) is 2.60. The second kappa shape index (κ2) is 9.03.